The van der Waals surface area contributed by atoms with Gasteiger partial charge in [0.1, 0.15) is 0 Å². The molecule has 0 amide bonds. The molecule has 0 aromatic heterocycles. The molecule has 0 aliphatic heterocycles. The largest absolute Gasteiger partial charge is 0.380 e. The first kappa shape index (κ1) is 11.0. The second kappa shape index (κ2) is 5.61. The van der Waals surface area contributed by atoms with Crippen LogP contribution in [0.3, 0.4) is 0 Å². The minimum atomic E-state index is 0.341. The van der Waals surface area contributed by atoms with Gasteiger partial charge in [-0.15, -0.1) is 0 Å². The topological polar surface area (TPSA) is 21.3 Å². The molecule has 0 heterocycles. The highest BCUT2D eigenvalue weighted by molar-refractivity contribution is 4.82. The van der Waals surface area contributed by atoms with Crippen molar-refractivity contribution >= 4 is 0 Å². The fourth-order valence-corrected chi connectivity index (χ4v) is 2.49. The molecule has 2 heteroatoms. The molecular weight excluding hydrogens is 162 g/mol. The predicted molar refractivity (Wildman–Crippen MR) is 55.9 cm³/mol. The van der Waals surface area contributed by atoms with Crippen LogP contribution < -0.4 is 5.32 Å². The Morgan fingerprint density at radius 2 is 1.85 bits per heavy atom. The zero-order chi connectivity index (χ0) is 9.68. The smallest absolute Gasteiger partial charge is 0.0698 e. The molecule has 1 rings (SSSR count). The van der Waals surface area contributed by atoms with Gasteiger partial charge in [-0.2, -0.15) is 0 Å². The highest BCUT2D eigenvalue weighted by Crippen LogP contribution is 2.28. The highest BCUT2D eigenvalue weighted by Gasteiger charge is 2.26. The van der Waals surface area contributed by atoms with Crippen LogP contribution in [0.15, 0.2) is 0 Å². The van der Waals surface area contributed by atoms with Crippen LogP contribution in [0.1, 0.15) is 39.0 Å². The van der Waals surface area contributed by atoms with Crippen molar-refractivity contribution in [2.24, 2.45) is 5.92 Å². The summed E-state index contributed by atoms with van der Waals surface area (Å²) in [5.41, 5.74) is 0. The number of rotatable bonds is 4. The van der Waals surface area contributed by atoms with Crippen molar-refractivity contribution in [2.45, 2.75) is 51.2 Å². The van der Waals surface area contributed by atoms with Gasteiger partial charge in [0.2, 0.25) is 0 Å². The molecule has 78 valence electrons. The van der Waals surface area contributed by atoms with Crippen LogP contribution in [0.5, 0.6) is 0 Å². The third-order valence-corrected chi connectivity index (χ3v) is 3.37. The summed E-state index contributed by atoms with van der Waals surface area (Å²) in [7, 11) is 3.85. The molecule has 0 aromatic rings. The first-order valence-corrected chi connectivity index (χ1v) is 5.49. The molecule has 0 bridgehead atoms. The summed E-state index contributed by atoms with van der Waals surface area (Å²) in [4.78, 5) is 0. The average Bonchev–Trinajstić information content (AvgIpc) is 2.20. The van der Waals surface area contributed by atoms with Gasteiger partial charge in [-0.05, 0) is 32.7 Å². The van der Waals surface area contributed by atoms with Gasteiger partial charge in [-0.3, -0.25) is 0 Å². The van der Waals surface area contributed by atoms with Crippen LogP contribution in [0.4, 0.5) is 0 Å². The maximum absolute atomic E-state index is 5.39. The molecule has 2 nitrogen and oxygen atoms in total. The molecule has 0 saturated heterocycles. The Kier molecular flexibility index (Phi) is 4.74. The fourth-order valence-electron chi connectivity index (χ4n) is 2.49. The van der Waals surface area contributed by atoms with Crippen molar-refractivity contribution in [3.63, 3.8) is 0 Å². The Morgan fingerprint density at radius 1 is 1.23 bits per heavy atom. The van der Waals surface area contributed by atoms with Crippen molar-refractivity contribution in [3.8, 4) is 0 Å². The molecule has 1 saturated carbocycles. The Labute approximate surface area is 82.0 Å². The van der Waals surface area contributed by atoms with E-state index in [1.807, 2.05) is 0 Å². The van der Waals surface area contributed by atoms with E-state index in [9.17, 15) is 0 Å². The maximum atomic E-state index is 5.39. The van der Waals surface area contributed by atoms with E-state index in [4.69, 9.17) is 4.74 Å². The first-order chi connectivity index (χ1) is 6.29. The van der Waals surface area contributed by atoms with Gasteiger partial charge in [0.25, 0.3) is 0 Å². The van der Waals surface area contributed by atoms with Crippen molar-refractivity contribution in [3.05, 3.63) is 0 Å². The van der Waals surface area contributed by atoms with Crippen LogP contribution >= 0.6 is 0 Å². The van der Waals surface area contributed by atoms with E-state index in [1.165, 1.54) is 32.1 Å². The Hall–Kier alpha value is -0.0800. The maximum Gasteiger partial charge on any atom is 0.0698 e. The van der Waals surface area contributed by atoms with Gasteiger partial charge < -0.3 is 10.1 Å². The van der Waals surface area contributed by atoms with Gasteiger partial charge in [0.05, 0.1) is 6.10 Å². The second-order valence-electron chi connectivity index (χ2n) is 4.15. The minimum absolute atomic E-state index is 0.341. The molecule has 1 aliphatic rings. The van der Waals surface area contributed by atoms with E-state index >= 15 is 0 Å². The Bertz CT molecular complexity index is 132. The van der Waals surface area contributed by atoms with E-state index in [-0.39, 0.29) is 0 Å². The van der Waals surface area contributed by atoms with Gasteiger partial charge >= 0.3 is 0 Å². The number of likely N-dealkylation sites (N-methyl/N-ethyl adjacent to an activating group) is 1. The average molecular weight is 185 g/mol. The zero-order valence-corrected chi connectivity index (χ0v) is 9.18. The van der Waals surface area contributed by atoms with Crippen molar-refractivity contribution < 1.29 is 4.74 Å². The lowest BCUT2D eigenvalue weighted by atomic mass is 9.82. The zero-order valence-electron chi connectivity index (χ0n) is 9.18. The first-order valence-electron chi connectivity index (χ1n) is 5.49. The van der Waals surface area contributed by atoms with Crippen molar-refractivity contribution in [1.82, 2.24) is 5.32 Å². The number of ether oxygens (including phenoxy) is 1. The lowest BCUT2D eigenvalue weighted by Crippen LogP contribution is -2.43. The van der Waals surface area contributed by atoms with Crippen LogP contribution in [-0.4, -0.2) is 26.3 Å². The third-order valence-electron chi connectivity index (χ3n) is 3.37. The highest BCUT2D eigenvalue weighted by atomic mass is 16.5. The van der Waals surface area contributed by atoms with E-state index < -0.39 is 0 Å². The molecule has 0 radical (unpaired) electrons. The quantitative estimate of drug-likeness (QED) is 0.725. The van der Waals surface area contributed by atoms with E-state index in [0.29, 0.717) is 12.1 Å². The lowest BCUT2D eigenvalue weighted by molar-refractivity contribution is 0.0555. The third kappa shape index (κ3) is 2.96. The van der Waals surface area contributed by atoms with Gasteiger partial charge in [0.15, 0.2) is 0 Å². The summed E-state index contributed by atoms with van der Waals surface area (Å²) in [6.07, 6.45) is 7.32. The van der Waals surface area contributed by atoms with Crippen LogP contribution in [-0.2, 0) is 4.74 Å². The number of hydrogen-bond acceptors (Lipinski definition) is 2. The van der Waals surface area contributed by atoms with E-state index in [2.05, 4.69) is 19.3 Å². The lowest BCUT2D eigenvalue weighted by Gasteiger charge is -2.33. The van der Waals surface area contributed by atoms with E-state index in [0.717, 1.165) is 5.92 Å². The Morgan fingerprint density at radius 3 is 2.31 bits per heavy atom. The molecule has 1 N–H and O–H groups in total. The Balaban J connectivity index is 2.43. The van der Waals surface area contributed by atoms with Crippen LogP contribution in [0.25, 0.3) is 0 Å². The minimum Gasteiger partial charge on any atom is -0.380 e. The van der Waals surface area contributed by atoms with Gasteiger partial charge in [-0.25, -0.2) is 0 Å². The molecule has 0 aromatic carbocycles. The number of methoxy groups -OCH3 is 1. The second-order valence-corrected chi connectivity index (χ2v) is 4.15. The molecule has 1 fully saturated rings. The summed E-state index contributed by atoms with van der Waals surface area (Å²) in [6.45, 7) is 2.16. The molecular formula is C11H23NO. The summed E-state index contributed by atoms with van der Waals surface area (Å²) in [5.74, 6) is 0.827. The standard InChI is InChI=1S/C11H23NO/c1-9(13-3)11(12-2)10-7-5-4-6-8-10/h9-12H,4-8H2,1-3H3. The molecule has 0 spiro atoms. The van der Waals surface area contributed by atoms with Gasteiger partial charge in [0, 0.05) is 13.2 Å². The SMILES string of the molecule is CNC(C1CCCCC1)C(C)OC. The summed E-state index contributed by atoms with van der Waals surface area (Å²) in [5, 5.41) is 3.40. The predicted octanol–water partition coefficient (Wildman–Crippen LogP) is 2.19. The summed E-state index contributed by atoms with van der Waals surface area (Å²) >= 11 is 0. The molecule has 13 heavy (non-hydrogen) atoms. The van der Waals surface area contributed by atoms with Gasteiger partial charge in [-0.1, -0.05) is 19.3 Å². The van der Waals surface area contributed by atoms with Crippen LogP contribution in [0, 0.1) is 5.92 Å². The number of hydrogen-bond donors (Lipinski definition) is 1. The monoisotopic (exact) mass is 185 g/mol. The van der Waals surface area contributed by atoms with Crippen molar-refractivity contribution in [2.75, 3.05) is 14.2 Å². The molecule has 1 aliphatic carbocycles. The van der Waals surface area contributed by atoms with Crippen LogP contribution in [0.2, 0.25) is 0 Å². The summed E-state index contributed by atoms with van der Waals surface area (Å²) < 4.78 is 5.39. The summed E-state index contributed by atoms with van der Waals surface area (Å²) in [6, 6.07) is 0.547. The molecule has 2 unspecified atom stereocenters. The number of nitrogens with one attached hydrogen (secondary N) is 1. The van der Waals surface area contributed by atoms with Crippen molar-refractivity contribution in [1.29, 1.82) is 0 Å². The normalized spacial score (nSPS) is 24.2. The van der Waals surface area contributed by atoms with E-state index in [1.54, 1.807) is 7.11 Å². The molecule has 2 atom stereocenters. The fraction of sp³-hybridized carbons (Fsp3) is 1.00.